The second-order valence-electron chi connectivity index (χ2n) is 4.40. The standard InChI is InChI=1S/C13H18N2O/c1-2-12(14)13(16)15-11-7-9-5-3-4-6-10(9)8-11/h3-6,11-12H,2,7-8,14H2,1H3,(H,15,16)/t12-/m1/s1. The Bertz CT molecular complexity index is 364. The lowest BCUT2D eigenvalue weighted by Crippen LogP contribution is -2.45. The van der Waals surface area contributed by atoms with E-state index in [9.17, 15) is 4.79 Å². The van der Waals surface area contributed by atoms with Crippen LogP contribution in [0, 0.1) is 0 Å². The van der Waals surface area contributed by atoms with Crippen LogP contribution in [-0.2, 0) is 17.6 Å². The number of benzene rings is 1. The van der Waals surface area contributed by atoms with Crippen LogP contribution in [0.2, 0.25) is 0 Å². The van der Waals surface area contributed by atoms with Gasteiger partial charge >= 0.3 is 0 Å². The molecule has 0 aliphatic heterocycles. The molecule has 0 aromatic heterocycles. The van der Waals surface area contributed by atoms with E-state index in [0.29, 0.717) is 6.42 Å². The van der Waals surface area contributed by atoms with Gasteiger partial charge in [0.05, 0.1) is 6.04 Å². The van der Waals surface area contributed by atoms with Crippen molar-refractivity contribution >= 4 is 5.91 Å². The molecule has 1 aliphatic carbocycles. The predicted octanol–water partition coefficient (Wildman–Crippen LogP) is 1.01. The van der Waals surface area contributed by atoms with Crippen molar-refractivity contribution in [2.75, 3.05) is 0 Å². The molecule has 1 aromatic rings. The molecule has 0 saturated heterocycles. The van der Waals surface area contributed by atoms with Crippen LogP contribution in [0.15, 0.2) is 24.3 Å². The molecule has 0 radical (unpaired) electrons. The number of hydrogen-bond acceptors (Lipinski definition) is 2. The Hall–Kier alpha value is -1.35. The average Bonchev–Trinajstić information content (AvgIpc) is 2.69. The van der Waals surface area contributed by atoms with Gasteiger partial charge in [0.15, 0.2) is 0 Å². The summed E-state index contributed by atoms with van der Waals surface area (Å²) in [5, 5.41) is 3.01. The first kappa shape index (κ1) is 11.1. The maximum Gasteiger partial charge on any atom is 0.237 e. The summed E-state index contributed by atoms with van der Waals surface area (Å²) >= 11 is 0. The fourth-order valence-corrected chi connectivity index (χ4v) is 2.15. The molecule has 1 atom stereocenters. The summed E-state index contributed by atoms with van der Waals surface area (Å²) in [5.74, 6) is -0.0275. The first-order chi connectivity index (χ1) is 7.70. The summed E-state index contributed by atoms with van der Waals surface area (Å²) in [6.07, 6.45) is 2.54. The van der Waals surface area contributed by atoms with E-state index in [1.54, 1.807) is 0 Å². The van der Waals surface area contributed by atoms with E-state index >= 15 is 0 Å². The second kappa shape index (κ2) is 4.66. The molecule has 3 heteroatoms. The van der Waals surface area contributed by atoms with Crippen molar-refractivity contribution < 1.29 is 4.79 Å². The molecule has 2 rings (SSSR count). The molecule has 0 unspecified atom stereocenters. The number of carbonyl (C=O) groups excluding carboxylic acids is 1. The minimum atomic E-state index is -0.372. The van der Waals surface area contributed by atoms with E-state index in [2.05, 4.69) is 17.4 Å². The van der Waals surface area contributed by atoms with Gasteiger partial charge in [0, 0.05) is 6.04 Å². The highest BCUT2D eigenvalue weighted by molar-refractivity contribution is 5.81. The van der Waals surface area contributed by atoms with Gasteiger partial charge < -0.3 is 11.1 Å². The van der Waals surface area contributed by atoms with Gasteiger partial charge in [0.1, 0.15) is 0 Å². The minimum Gasteiger partial charge on any atom is -0.351 e. The molecule has 1 aromatic carbocycles. The van der Waals surface area contributed by atoms with Crippen LogP contribution >= 0.6 is 0 Å². The smallest absolute Gasteiger partial charge is 0.237 e. The highest BCUT2D eigenvalue weighted by Gasteiger charge is 2.23. The Morgan fingerprint density at radius 1 is 1.44 bits per heavy atom. The zero-order valence-corrected chi connectivity index (χ0v) is 9.57. The number of carbonyl (C=O) groups is 1. The van der Waals surface area contributed by atoms with E-state index in [0.717, 1.165) is 12.8 Å². The number of nitrogens with one attached hydrogen (secondary N) is 1. The zero-order valence-electron chi connectivity index (χ0n) is 9.57. The Morgan fingerprint density at radius 2 is 2.00 bits per heavy atom. The van der Waals surface area contributed by atoms with Crippen molar-refractivity contribution in [3.05, 3.63) is 35.4 Å². The zero-order chi connectivity index (χ0) is 11.5. The van der Waals surface area contributed by atoms with E-state index in [1.165, 1.54) is 11.1 Å². The molecule has 86 valence electrons. The summed E-state index contributed by atoms with van der Waals surface area (Å²) in [6.45, 7) is 1.92. The van der Waals surface area contributed by atoms with E-state index < -0.39 is 0 Å². The maximum atomic E-state index is 11.6. The van der Waals surface area contributed by atoms with Crippen molar-refractivity contribution in [3.63, 3.8) is 0 Å². The van der Waals surface area contributed by atoms with E-state index in [-0.39, 0.29) is 18.0 Å². The molecule has 3 nitrogen and oxygen atoms in total. The predicted molar refractivity (Wildman–Crippen MR) is 64.0 cm³/mol. The number of nitrogens with two attached hydrogens (primary N) is 1. The fraction of sp³-hybridized carbons (Fsp3) is 0.462. The molecule has 0 saturated carbocycles. The number of fused-ring (bicyclic) bond motifs is 1. The SMILES string of the molecule is CC[C@@H](N)C(=O)NC1Cc2ccccc2C1. The second-order valence-corrected chi connectivity index (χ2v) is 4.40. The normalized spacial score (nSPS) is 16.9. The van der Waals surface area contributed by atoms with Crippen LogP contribution in [-0.4, -0.2) is 18.0 Å². The van der Waals surface area contributed by atoms with Gasteiger partial charge in [0.25, 0.3) is 0 Å². The molecule has 3 N–H and O–H groups in total. The quantitative estimate of drug-likeness (QED) is 0.795. The molecule has 0 heterocycles. The molecule has 0 spiro atoms. The Labute approximate surface area is 96.0 Å². The maximum absolute atomic E-state index is 11.6. The Morgan fingerprint density at radius 3 is 2.50 bits per heavy atom. The van der Waals surface area contributed by atoms with Crippen molar-refractivity contribution in [1.29, 1.82) is 0 Å². The molecule has 1 amide bonds. The van der Waals surface area contributed by atoms with Crippen LogP contribution in [0.5, 0.6) is 0 Å². The summed E-state index contributed by atoms with van der Waals surface area (Å²) in [6, 6.07) is 8.19. The first-order valence-corrected chi connectivity index (χ1v) is 5.83. The summed E-state index contributed by atoms with van der Waals surface area (Å²) in [7, 11) is 0. The molecule has 0 fully saturated rings. The van der Waals surface area contributed by atoms with Crippen LogP contribution < -0.4 is 11.1 Å². The van der Waals surface area contributed by atoms with Crippen molar-refractivity contribution in [3.8, 4) is 0 Å². The van der Waals surface area contributed by atoms with Gasteiger partial charge in [-0.05, 0) is 30.4 Å². The fourth-order valence-electron chi connectivity index (χ4n) is 2.15. The Balaban J connectivity index is 1.95. The third kappa shape index (κ3) is 2.25. The largest absolute Gasteiger partial charge is 0.351 e. The topological polar surface area (TPSA) is 55.1 Å². The summed E-state index contributed by atoms with van der Waals surface area (Å²) < 4.78 is 0. The van der Waals surface area contributed by atoms with Crippen LogP contribution in [0.4, 0.5) is 0 Å². The van der Waals surface area contributed by atoms with Gasteiger partial charge in [-0.2, -0.15) is 0 Å². The van der Waals surface area contributed by atoms with Gasteiger partial charge in [-0.15, -0.1) is 0 Å². The van der Waals surface area contributed by atoms with Gasteiger partial charge in [0.2, 0.25) is 5.91 Å². The molecule has 16 heavy (non-hydrogen) atoms. The van der Waals surface area contributed by atoms with Crippen LogP contribution in [0.3, 0.4) is 0 Å². The summed E-state index contributed by atoms with van der Waals surface area (Å²) in [5.41, 5.74) is 8.38. The first-order valence-electron chi connectivity index (χ1n) is 5.83. The van der Waals surface area contributed by atoms with Gasteiger partial charge in [-0.3, -0.25) is 4.79 Å². The average molecular weight is 218 g/mol. The lowest BCUT2D eigenvalue weighted by molar-refractivity contribution is -0.123. The summed E-state index contributed by atoms with van der Waals surface area (Å²) in [4.78, 5) is 11.6. The number of hydrogen-bond donors (Lipinski definition) is 2. The number of amides is 1. The Kier molecular flexibility index (Phi) is 3.25. The van der Waals surface area contributed by atoms with Crippen molar-refractivity contribution in [2.45, 2.75) is 38.3 Å². The monoisotopic (exact) mass is 218 g/mol. The third-order valence-corrected chi connectivity index (χ3v) is 3.17. The van der Waals surface area contributed by atoms with Gasteiger partial charge in [-0.1, -0.05) is 31.2 Å². The van der Waals surface area contributed by atoms with E-state index in [1.807, 2.05) is 19.1 Å². The molecular weight excluding hydrogens is 200 g/mol. The van der Waals surface area contributed by atoms with Gasteiger partial charge in [-0.25, -0.2) is 0 Å². The highest BCUT2D eigenvalue weighted by atomic mass is 16.2. The molecule has 1 aliphatic rings. The highest BCUT2D eigenvalue weighted by Crippen LogP contribution is 2.21. The van der Waals surface area contributed by atoms with Crippen LogP contribution in [0.25, 0.3) is 0 Å². The lowest BCUT2D eigenvalue weighted by atomic mass is 10.1. The third-order valence-electron chi connectivity index (χ3n) is 3.17. The lowest BCUT2D eigenvalue weighted by Gasteiger charge is -2.15. The van der Waals surface area contributed by atoms with Crippen molar-refractivity contribution in [1.82, 2.24) is 5.32 Å². The van der Waals surface area contributed by atoms with Crippen LogP contribution in [0.1, 0.15) is 24.5 Å². The minimum absolute atomic E-state index is 0.0275. The molecular formula is C13H18N2O. The van der Waals surface area contributed by atoms with Crippen molar-refractivity contribution in [2.24, 2.45) is 5.73 Å². The van der Waals surface area contributed by atoms with E-state index in [4.69, 9.17) is 5.73 Å². The molecule has 0 bridgehead atoms. The number of rotatable bonds is 3.